The van der Waals surface area contributed by atoms with Crippen LogP contribution in [-0.4, -0.2) is 38.9 Å². The van der Waals surface area contributed by atoms with Crippen molar-refractivity contribution in [3.63, 3.8) is 0 Å². The van der Waals surface area contributed by atoms with Gasteiger partial charge in [0.25, 0.3) is 10.2 Å². The second kappa shape index (κ2) is 9.10. The van der Waals surface area contributed by atoms with E-state index in [0.717, 1.165) is 12.8 Å². The molecule has 3 N–H and O–H groups in total. The van der Waals surface area contributed by atoms with Gasteiger partial charge in [-0.15, -0.1) is 12.4 Å². The Balaban J connectivity index is 0. The average Bonchev–Trinajstić information content (AvgIpc) is 2.16. The molecule has 7 heteroatoms. The van der Waals surface area contributed by atoms with Gasteiger partial charge in [0, 0.05) is 26.2 Å². The number of hydrogen-bond acceptors (Lipinski definition) is 3. The summed E-state index contributed by atoms with van der Waals surface area (Å²) in [4.78, 5) is 0. The Morgan fingerprint density at radius 2 is 1.88 bits per heavy atom. The lowest BCUT2D eigenvalue weighted by Gasteiger charge is -2.23. The molecule has 0 saturated carbocycles. The van der Waals surface area contributed by atoms with Gasteiger partial charge in [-0.05, 0) is 18.8 Å². The van der Waals surface area contributed by atoms with E-state index in [1.807, 2.05) is 20.8 Å². The van der Waals surface area contributed by atoms with Gasteiger partial charge in [0.2, 0.25) is 0 Å². The third kappa shape index (κ3) is 7.94. The number of nitrogens with one attached hydrogen (secondary N) is 1. The molecule has 0 aromatic rings. The van der Waals surface area contributed by atoms with Gasteiger partial charge in [0.1, 0.15) is 0 Å². The van der Waals surface area contributed by atoms with Gasteiger partial charge in [-0.3, -0.25) is 0 Å². The third-order valence-electron chi connectivity index (χ3n) is 2.30. The van der Waals surface area contributed by atoms with E-state index in [9.17, 15) is 8.42 Å². The van der Waals surface area contributed by atoms with Gasteiger partial charge in [0.05, 0.1) is 0 Å². The third-order valence-corrected chi connectivity index (χ3v) is 3.94. The van der Waals surface area contributed by atoms with Crippen LogP contribution < -0.4 is 10.5 Å². The molecule has 17 heavy (non-hydrogen) atoms. The zero-order valence-electron chi connectivity index (χ0n) is 11.1. The minimum absolute atomic E-state index is 0. The summed E-state index contributed by atoms with van der Waals surface area (Å²) in [7, 11) is -1.80. The molecule has 0 aromatic heterocycles. The van der Waals surface area contributed by atoms with Crippen molar-refractivity contribution in [3.05, 3.63) is 0 Å². The highest BCUT2D eigenvalue weighted by molar-refractivity contribution is 7.87. The highest BCUT2D eigenvalue weighted by Crippen LogP contribution is 2.06. The van der Waals surface area contributed by atoms with Crippen molar-refractivity contribution < 1.29 is 8.42 Å². The lowest BCUT2D eigenvalue weighted by molar-refractivity contribution is 0.422. The normalized spacial score (nSPS) is 13.8. The first-order valence-electron chi connectivity index (χ1n) is 5.77. The molecule has 0 amide bonds. The summed E-state index contributed by atoms with van der Waals surface area (Å²) in [5.74, 6) is 0.424. The molecule has 106 valence electrons. The number of hydrogen-bond donors (Lipinski definition) is 2. The molecule has 0 fully saturated rings. The molecule has 0 spiro atoms. The Labute approximate surface area is 112 Å². The van der Waals surface area contributed by atoms with E-state index in [-0.39, 0.29) is 18.4 Å². The van der Waals surface area contributed by atoms with Crippen LogP contribution in [0, 0.1) is 5.92 Å². The van der Waals surface area contributed by atoms with Crippen LogP contribution in [0.5, 0.6) is 0 Å². The minimum atomic E-state index is -3.38. The van der Waals surface area contributed by atoms with Crippen LogP contribution in [0.15, 0.2) is 0 Å². The van der Waals surface area contributed by atoms with Crippen LogP contribution in [0.3, 0.4) is 0 Å². The SMILES string of the molecule is CCCN(C)S(=O)(=O)NC(CN)CC(C)C.Cl. The lowest BCUT2D eigenvalue weighted by Crippen LogP contribution is -2.47. The molecule has 5 nitrogen and oxygen atoms in total. The van der Waals surface area contributed by atoms with Gasteiger partial charge < -0.3 is 5.73 Å². The van der Waals surface area contributed by atoms with Crippen LogP contribution in [-0.2, 0) is 10.2 Å². The van der Waals surface area contributed by atoms with E-state index in [0.29, 0.717) is 19.0 Å². The van der Waals surface area contributed by atoms with E-state index in [1.54, 1.807) is 7.05 Å². The summed E-state index contributed by atoms with van der Waals surface area (Å²) < 4.78 is 27.6. The Kier molecular flexibility index (Phi) is 10.4. The lowest BCUT2D eigenvalue weighted by atomic mass is 10.1. The standard InChI is InChI=1S/C10H25N3O2S.ClH/c1-5-6-13(4)16(14,15)12-10(8-11)7-9(2)3;/h9-10,12H,5-8,11H2,1-4H3;1H. The summed E-state index contributed by atoms with van der Waals surface area (Å²) in [5, 5.41) is 0. The first-order valence-corrected chi connectivity index (χ1v) is 7.21. The van der Waals surface area contributed by atoms with E-state index in [1.165, 1.54) is 4.31 Å². The predicted molar refractivity (Wildman–Crippen MR) is 74.5 cm³/mol. The van der Waals surface area contributed by atoms with Crippen molar-refractivity contribution in [1.82, 2.24) is 9.03 Å². The minimum Gasteiger partial charge on any atom is -0.329 e. The van der Waals surface area contributed by atoms with Crippen molar-refractivity contribution in [2.24, 2.45) is 11.7 Å². The molecule has 0 radical (unpaired) electrons. The molecular formula is C10H26ClN3O2S. The van der Waals surface area contributed by atoms with Crippen LogP contribution >= 0.6 is 12.4 Å². The van der Waals surface area contributed by atoms with Crippen molar-refractivity contribution in [2.75, 3.05) is 20.1 Å². The Morgan fingerprint density at radius 1 is 1.35 bits per heavy atom. The zero-order chi connectivity index (χ0) is 12.8. The topological polar surface area (TPSA) is 75.4 Å². The number of rotatable bonds is 8. The second-order valence-electron chi connectivity index (χ2n) is 4.51. The maximum atomic E-state index is 11.8. The molecular weight excluding hydrogens is 262 g/mol. The molecule has 0 aliphatic carbocycles. The van der Waals surface area contributed by atoms with Gasteiger partial charge in [-0.2, -0.15) is 17.4 Å². The summed E-state index contributed by atoms with van der Waals surface area (Å²) in [6.07, 6.45) is 1.56. The largest absolute Gasteiger partial charge is 0.329 e. The molecule has 0 aliphatic heterocycles. The van der Waals surface area contributed by atoms with Crippen molar-refractivity contribution in [1.29, 1.82) is 0 Å². The molecule has 1 atom stereocenters. The Morgan fingerprint density at radius 3 is 2.24 bits per heavy atom. The van der Waals surface area contributed by atoms with E-state index in [4.69, 9.17) is 5.73 Å². The highest BCUT2D eigenvalue weighted by atomic mass is 35.5. The van der Waals surface area contributed by atoms with Crippen LogP contribution in [0.4, 0.5) is 0 Å². The van der Waals surface area contributed by atoms with E-state index >= 15 is 0 Å². The van der Waals surface area contributed by atoms with Crippen LogP contribution in [0.1, 0.15) is 33.6 Å². The monoisotopic (exact) mass is 287 g/mol. The molecule has 0 aliphatic rings. The van der Waals surface area contributed by atoms with Crippen LogP contribution in [0.2, 0.25) is 0 Å². The maximum absolute atomic E-state index is 11.8. The highest BCUT2D eigenvalue weighted by Gasteiger charge is 2.21. The van der Waals surface area contributed by atoms with Gasteiger partial charge in [0.15, 0.2) is 0 Å². The van der Waals surface area contributed by atoms with Crippen molar-refractivity contribution in [3.8, 4) is 0 Å². The summed E-state index contributed by atoms with van der Waals surface area (Å²) in [5.41, 5.74) is 5.56. The molecule has 0 rings (SSSR count). The first-order chi connectivity index (χ1) is 7.33. The molecule has 0 bridgehead atoms. The molecule has 0 heterocycles. The zero-order valence-corrected chi connectivity index (χ0v) is 12.8. The van der Waals surface area contributed by atoms with Gasteiger partial charge in [-0.25, -0.2) is 0 Å². The van der Waals surface area contributed by atoms with Gasteiger partial charge in [-0.1, -0.05) is 20.8 Å². The fourth-order valence-corrected chi connectivity index (χ4v) is 2.71. The first kappa shape index (κ1) is 19.5. The predicted octanol–water partition coefficient (Wildman–Crippen LogP) is 0.958. The number of nitrogens with zero attached hydrogens (tertiary/aromatic N) is 1. The van der Waals surface area contributed by atoms with Crippen molar-refractivity contribution in [2.45, 2.75) is 39.7 Å². The average molecular weight is 288 g/mol. The van der Waals surface area contributed by atoms with Crippen molar-refractivity contribution >= 4 is 22.6 Å². The van der Waals surface area contributed by atoms with Crippen LogP contribution in [0.25, 0.3) is 0 Å². The maximum Gasteiger partial charge on any atom is 0.279 e. The summed E-state index contributed by atoms with van der Waals surface area (Å²) in [6.45, 7) is 6.89. The van der Waals surface area contributed by atoms with Gasteiger partial charge >= 0.3 is 0 Å². The second-order valence-corrected chi connectivity index (χ2v) is 6.32. The summed E-state index contributed by atoms with van der Waals surface area (Å²) in [6, 6.07) is -0.177. The summed E-state index contributed by atoms with van der Waals surface area (Å²) >= 11 is 0. The fourth-order valence-electron chi connectivity index (χ4n) is 1.50. The Hall–Kier alpha value is 0.120. The van der Waals surface area contributed by atoms with E-state index in [2.05, 4.69) is 4.72 Å². The Bertz CT molecular complexity index is 283. The smallest absolute Gasteiger partial charge is 0.279 e. The van der Waals surface area contributed by atoms with E-state index < -0.39 is 10.2 Å². The quantitative estimate of drug-likeness (QED) is 0.698. The fraction of sp³-hybridized carbons (Fsp3) is 1.00. The number of nitrogens with two attached hydrogens (primary N) is 1. The number of halogens is 1. The molecule has 0 saturated heterocycles. The molecule has 0 aromatic carbocycles. The molecule has 1 unspecified atom stereocenters.